The average molecular weight is 349 g/mol. The summed E-state index contributed by atoms with van der Waals surface area (Å²) in [4.78, 5) is 15.6. The largest absolute Gasteiger partial charge is 0.426 e. The molecule has 0 spiro atoms. The van der Waals surface area contributed by atoms with E-state index in [2.05, 4.69) is 43.1 Å². The topological polar surface area (TPSA) is 29.5 Å². The molecule has 2 aliphatic rings. The zero-order chi connectivity index (χ0) is 18.3. The van der Waals surface area contributed by atoms with Crippen molar-refractivity contribution in [3.8, 4) is 5.75 Å². The first kappa shape index (κ1) is 17.3. The summed E-state index contributed by atoms with van der Waals surface area (Å²) in [5.41, 5.74) is 3.63. The molecule has 4 atom stereocenters. The fourth-order valence-corrected chi connectivity index (χ4v) is 4.81. The van der Waals surface area contributed by atoms with E-state index in [0.29, 0.717) is 11.8 Å². The maximum Gasteiger partial charge on any atom is 0.316 e. The van der Waals surface area contributed by atoms with Crippen LogP contribution in [0, 0.1) is 19.8 Å². The number of fused-ring (bicyclic) bond motifs is 2. The van der Waals surface area contributed by atoms with Crippen molar-refractivity contribution < 1.29 is 9.53 Å². The molecule has 2 aliphatic heterocycles. The van der Waals surface area contributed by atoms with Crippen molar-refractivity contribution >= 4 is 5.97 Å². The SMILES string of the molecule is Cc1ccc([C@H]2CC3CCC(C2C(=O)Oc2cccc(C)c2)N3C)cc1. The summed E-state index contributed by atoms with van der Waals surface area (Å²) >= 11 is 0. The molecule has 2 aromatic rings. The third-order valence-electron chi connectivity index (χ3n) is 6.25. The summed E-state index contributed by atoms with van der Waals surface area (Å²) in [6.07, 6.45) is 3.29. The quantitative estimate of drug-likeness (QED) is 0.605. The maximum atomic E-state index is 13.2. The fraction of sp³-hybridized carbons (Fsp3) is 0.435. The Morgan fingerprint density at radius 2 is 1.81 bits per heavy atom. The van der Waals surface area contributed by atoms with Crippen LogP contribution in [0.5, 0.6) is 5.75 Å². The van der Waals surface area contributed by atoms with E-state index in [1.54, 1.807) is 0 Å². The van der Waals surface area contributed by atoms with Gasteiger partial charge in [-0.05, 0) is 63.4 Å². The molecule has 3 nitrogen and oxygen atoms in total. The zero-order valence-electron chi connectivity index (χ0n) is 15.8. The Morgan fingerprint density at radius 3 is 2.54 bits per heavy atom. The van der Waals surface area contributed by atoms with Crippen LogP contribution in [0.4, 0.5) is 0 Å². The summed E-state index contributed by atoms with van der Waals surface area (Å²) < 4.78 is 5.84. The van der Waals surface area contributed by atoms with E-state index in [1.165, 1.54) is 17.5 Å². The summed E-state index contributed by atoms with van der Waals surface area (Å²) in [6, 6.07) is 17.3. The molecule has 26 heavy (non-hydrogen) atoms. The minimum absolute atomic E-state index is 0.0848. The van der Waals surface area contributed by atoms with Gasteiger partial charge in [-0.15, -0.1) is 0 Å². The highest BCUT2D eigenvalue weighted by Gasteiger charge is 2.49. The van der Waals surface area contributed by atoms with Crippen molar-refractivity contribution in [2.75, 3.05) is 7.05 Å². The van der Waals surface area contributed by atoms with Crippen molar-refractivity contribution in [3.63, 3.8) is 0 Å². The van der Waals surface area contributed by atoms with Gasteiger partial charge in [-0.1, -0.05) is 42.0 Å². The highest BCUT2D eigenvalue weighted by molar-refractivity contribution is 5.77. The minimum atomic E-state index is -0.109. The van der Waals surface area contributed by atoms with Crippen LogP contribution in [0.2, 0.25) is 0 Å². The standard InChI is InChI=1S/C23H27NO2/c1-15-7-9-17(10-8-15)20-14-18-11-12-21(24(18)3)22(20)23(25)26-19-6-4-5-16(2)13-19/h4-10,13,18,20-22H,11-12,14H2,1-3H3/t18?,20-,21?,22?/m1/s1. The lowest BCUT2D eigenvalue weighted by Crippen LogP contribution is -2.49. The lowest BCUT2D eigenvalue weighted by atomic mass is 9.76. The number of carbonyl (C=O) groups is 1. The molecular weight excluding hydrogens is 322 g/mol. The molecule has 3 unspecified atom stereocenters. The van der Waals surface area contributed by atoms with Crippen molar-refractivity contribution in [3.05, 3.63) is 65.2 Å². The van der Waals surface area contributed by atoms with Gasteiger partial charge >= 0.3 is 5.97 Å². The van der Waals surface area contributed by atoms with Crippen LogP contribution in [-0.2, 0) is 4.79 Å². The second-order valence-corrected chi connectivity index (χ2v) is 7.98. The minimum Gasteiger partial charge on any atom is -0.426 e. The monoisotopic (exact) mass is 349 g/mol. The number of carbonyl (C=O) groups excluding carboxylic acids is 1. The first-order chi connectivity index (χ1) is 12.5. The first-order valence-electron chi connectivity index (χ1n) is 9.60. The molecule has 0 N–H and O–H groups in total. The maximum absolute atomic E-state index is 13.2. The molecule has 0 aliphatic carbocycles. The first-order valence-corrected chi connectivity index (χ1v) is 9.60. The van der Waals surface area contributed by atoms with Gasteiger partial charge in [-0.2, -0.15) is 0 Å². The smallest absolute Gasteiger partial charge is 0.316 e. The van der Waals surface area contributed by atoms with Crippen LogP contribution in [0.1, 0.15) is 41.9 Å². The molecule has 0 aromatic heterocycles. The van der Waals surface area contributed by atoms with Crippen LogP contribution >= 0.6 is 0 Å². The van der Waals surface area contributed by atoms with E-state index in [4.69, 9.17) is 4.74 Å². The predicted octanol–water partition coefficient (Wildman–Crippen LogP) is 4.48. The Kier molecular flexibility index (Phi) is 4.58. The van der Waals surface area contributed by atoms with E-state index in [-0.39, 0.29) is 23.8 Å². The molecule has 2 bridgehead atoms. The Hall–Kier alpha value is -2.13. The van der Waals surface area contributed by atoms with E-state index < -0.39 is 0 Å². The second kappa shape index (κ2) is 6.88. The molecule has 0 saturated carbocycles. The van der Waals surface area contributed by atoms with Gasteiger partial charge in [0.05, 0.1) is 5.92 Å². The summed E-state index contributed by atoms with van der Waals surface area (Å²) in [7, 11) is 2.17. The van der Waals surface area contributed by atoms with Crippen LogP contribution in [0.15, 0.2) is 48.5 Å². The van der Waals surface area contributed by atoms with Gasteiger partial charge in [-0.25, -0.2) is 0 Å². The van der Waals surface area contributed by atoms with Gasteiger partial charge in [0.2, 0.25) is 0 Å². The van der Waals surface area contributed by atoms with E-state index in [1.807, 2.05) is 31.2 Å². The molecular formula is C23H27NO2. The number of nitrogens with zero attached hydrogens (tertiary/aromatic N) is 1. The van der Waals surface area contributed by atoms with Crippen molar-refractivity contribution in [1.29, 1.82) is 0 Å². The Balaban J connectivity index is 1.64. The molecule has 3 heteroatoms. The third-order valence-corrected chi connectivity index (χ3v) is 6.25. The van der Waals surface area contributed by atoms with Crippen LogP contribution in [0.3, 0.4) is 0 Å². The average Bonchev–Trinajstić information content (AvgIpc) is 2.85. The number of benzene rings is 2. The third kappa shape index (κ3) is 3.16. The molecule has 2 saturated heterocycles. The predicted molar refractivity (Wildman–Crippen MR) is 103 cm³/mol. The van der Waals surface area contributed by atoms with Crippen LogP contribution in [0.25, 0.3) is 0 Å². The normalized spacial score (nSPS) is 28.1. The Morgan fingerprint density at radius 1 is 1.04 bits per heavy atom. The lowest BCUT2D eigenvalue weighted by molar-refractivity contribution is -0.143. The van der Waals surface area contributed by atoms with E-state index in [9.17, 15) is 4.79 Å². The zero-order valence-corrected chi connectivity index (χ0v) is 15.8. The molecule has 2 fully saturated rings. The highest BCUT2D eigenvalue weighted by Crippen LogP contribution is 2.46. The number of piperidine rings is 1. The number of hydrogen-bond donors (Lipinski definition) is 0. The highest BCUT2D eigenvalue weighted by atomic mass is 16.5. The van der Waals surface area contributed by atoms with Crippen molar-refractivity contribution in [1.82, 2.24) is 4.90 Å². The summed E-state index contributed by atoms with van der Waals surface area (Å²) in [6.45, 7) is 4.12. The van der Waals surface area contributed by atoms with Gasteiger partial charge in [0.15, 0.2) is 0 Å². The van der Waals surface area contributed by atoms with Gasteiger partial charge in [-0.3, -0.25) is 9.69 Å². The van der Waals surface area contributed by atoms with Crippen LogP contribution in [-0.4, -0.2) is 30.0 Å². The number of esters is 1. The summed E-state index contributed by atoms with van der Waals surface area (Å²) in [5, 5.41) is 0. The Bertz CT molecular complexity index is 798. The number of hydrogen-bond acceptors (Lipinski definition) is 3. The molecule has 2 aromatic carbocycles. The number of aryl methyl sites for hydroxylation is 2. The van der Waals surface area contributed by atoms with Crippen molar-refractivity contribution in [2.45, 2.75) is 51.1 Å². The Labute approximate surface area is 156 Å². The number of ether oxygens (including phenoxy) is 1. The van der Waals surface area contributed by atoms with Gasteiger partial charge in [0.25, 0.3) is 0 Å². The molecule has 0 radical (unpaired) electrons. The van der Waals surface area contributed by atoms with E-state index in [0.717, 1.165) is 18.4 Å². The summed E-state index contributed by atoms with van der Waals surface area (Å²) in [5.74, 6) is 0.697. The molecule has 2 heterocycles. The lowest BCUT2D eigenvalue weighted by Gasteiger charge is -2.41. The fourth-order valence-electron chi connectivity index (χ4n) is 4.81. The second-order valence-electron chi connectivity index (χ2n) is 7.98. The van der Waals surface area contributed by atoms with Gasteiger partial charge in [0.1, 0.15) is 5.75 Å². The molecule has 4 rings (SSSR count). The molecule has 136 valence electrons. The number of rotatable bonds is 3. The van der Waals surface area contributed by atoms with Crippen LogP contribution < -0.4 is 4.74 Å². The van der Waals surface area contributed by atoms with Gasteiger partial charge < -0.3 is 4.74 Å². The van der Waals surface area contributed by atoms with Gasteiger partial charge in [0, 0.05) is 18.0 Å². The molecule has 0 amide bonds. The van der Waals surface area contributed by atoms with Crippen molar-refractivity contribution in [2.24, 2.45) is 5.92 Å². The van der Waals surface area contributed by atoms with E-state index >= 15 is 0 Å².